The minimum Gasteiger partial charge on any atom is -0.465 e. The molecule has 141 valence electrons. The molecule has 0 bridgehead atoms. The van der Waals surface area contributed by atoms with Crippen molar-refractivity contribution in [3.63, 3.8) is 0 Å². The van der Waals surface area contributed by atoms with E-state index in [1.807, 2.05) is 50.0 Å². The van der Waals surface area contributed by atoms with Crippen LogP contribution < -0.4 is 5.46 Å². The molecule has 0 amide bonds. The number of carbonyl (C=O) groups is 1. The van der Waals surface area contributed by atoms with Crippen LogP contribution in [0.15, 0.2) is 48.5 Å². The molecule has 0 saturated heterocycles. The Morgan fingerprint density at radius 2 is 1.63 bits per heavy atom. The van der Waals surface area contributed by atoms with E-state index in [4.69, 9.17) is 9.39 Å². The minimum absolute atomic E-state index is 0.0443. The second kappa shape index (κ2) is 8.86. The fourth-order valence-corrected chi connectivity index (χ4v) is 2.21. The van der Waals surface area contributed by atoms with Gasteiger partial charge in [-0.1, -0.05) is 67.9 Å². The quantitative estimate of drug-likeness (QED) is 0.310. The molecule has 27 heavy (non-hydrogen) atoms. The maximum Gasteiger partial charge on any atom is 0.337 e. The van der Waals surface area contributed by atoms with Gasteiger partial charge in [-0.15, -0.1) is 9.24 Å². The first-order valence-electron chi connectivity index (χ1n) is 8.89. The lowest BCUT2D eigenvalue weighted by Gasteiger charge is -2.39. The van der Waals surface area contributed by atoms with Crippen LogP contribution in [-0.4, -0.2) is 31.3 Å². The first-order chi connectivity index (χ1) is 12.6. The highest BCUT2D eigenvalue weighted by atomic mass is 31.0. The van der Waals surface area contributed by atoms with Gasteiger partial charge >= 0.3 is 13.5 Å². The van der Waals surface area contributed by atoms with E-state index in [0.717, 1.165) is 16.6 Å². The number of benzene rings is 2. The number of hydrogen-bond donors (Lipinski definition) is 0. The van der Waals surface area contributed by atoms with E-state index >= 15 is 0 Å². The maximum atomic E-state index is 11.5. The number of methoxy groups -OCH3 is 1. The molecule has 0 aliphatic carbocycles. The summed E-state index contributed by atoms with van der Waals surface area (Å²) in [5, 5.41) is -0.0443. The number of rotatable bonds is 7. The van der Waals surface area contributed by atoms with Crippen molar-refractivity contribution in [2.24, 2.45) is 0 Å². The molecule has 2 aromatic rings. The van der Waals surface area contributed by atoms with E-state index < -0.39 is 0 Å². The lowest BCUT2D eigenvalue weighted by molar-refractivity contribution is 0.0600. The summed E-state index contributed by atoms with van der Waals surface area (Å²) in [5.41, 5.74) is 3.35. The largest absolute Gasteiger partial charge is 0.465 e. The number of hydrogen-bond acceptors (Lipinski definition) is 3. The maximum absolute atomic E-state index is 11.5. The van der Waals surface area contributed by atoms with E-state index in [-0.39, 0.29) is 16.7 Å². The summed E-state index contributed by atoms with van der Waals surface area (Å²) in [6.45, 7) is 8.43. The van der Waals surface area contributed by atoms with Crippen molar-refractivity contribution in [3.05, 3.63) is 65.2 Å². The van der Waals surface area contributed by atoms with Crippen molar-refractivity contribution in [1.29, 1.82) is 0 Å². The predicted molar refractivity (Wildman–Crippen MR) is 117 cm³/mol. The standard InChI is InChI=1S/C22H27BO3P/c1-21(2,22(3,4)27)26-23-19-8-6-7-17(15-19)10-9-16-11-13-18(14-12-16)20(24)25-5/h6-15H,27H2,1-5H3/b10-9+. The highest BCUT2D eigenvalue weighted by Gasteiger charge is 2.33. The van der Waals surface area contributed by atoms with Crippen molar-refractivity contribution in [2.75, 3.05) is 7.11 Å². The first-order valence-corrected chi connectivity index (χ1v) is 9.46. The summed E-state index contributed by atoms with van der Waals surface area (Å²) in [6, 6.07) is 15.5. The summed E-state index contributed by atoms with van der Waals surface area (Å²) in [7, 11) is 6.03. The van der Waals surface area contributed by atoms with Gasteiger partial charge in [-0.25, -0.2) is 4.79 Å². The van der Waals surface area contributed by atoms with Gasteiger partial charge in [0.15, 0.2) is 0 Å². The summed E-state index contributed by atoms with van der Waals surface area (Å²) < 4.78 is 10.7. The Labute approximate surface area is 165 Å². The molecule has 1 unspecified atom stereocenters. The fourth-order valence-electron chi connectivity index (χ4n) is 2.14. The lowest BCUT2D eigenvalue weighted by Crippen LogP contribution is -2.45. The average Bonchev–Trinajstić information content (AvgIpc) is 2.64. The number of carbonyl (C=O) groups excluding carboxylic acids is 1. The van der Waals surface area contributed by atoms with Gasteiger partial charge in [0.1, 0.15) is 0 Å². The van der Waals surface area contributed by atoms with Gasteiger partial charge in [0, 0.05) is 5.16 Å². The van der Waals surface area contributed by atoms with Gasteiger partial charge in [0.05, 0.1) is 18.3 Å². The van der Waals surface area contributed by atoms with Crippen LogP contribution in [-0.2, 0) is 9.39 Å². The van der Waals surface area contributed by atoms with Crippen LogP contribution in [0, 0.1) is 0 Å². The second-order valence-corrected chi connectivity index (χ2v) is 9.03. The number of esters is 1. The third-order valence-electron chi connectivity index (χ3n) is 4.75. The Balaban J connectivity index is 2.05. The Hall–Kier alpha value is -1.90. The van der Waals surface area contributed by atoms with Gasteiger partial charge in [-0.3, -0.25) is 0 Å². The first kappa shape index (κ1) is 21.4. The molecule has 0 heterocycles. The smallest absolute Gasteiger partial charge is 0.337 e. The van der Waals surface area contributed by atoms with Crippen molar-refractivity contribution in [1.82, 2.24) is 0 Å². The highest BCUT2D eigenvalue weighted by Crippen LogP contribution is 2.33. The van der Waals surface area contributed by atoms with Gasteiger partial charge in [0.25, 0.3) is 0 Å². The topological polar surface area (TPSA) is 35.5 Å². The summed E-state index contributed by atoms with van der Waals surface area (Å²) in [4.78, 5) is 11.5. The van der Waals surface area contributed by atoms with Crippen molar-refractivity contribution < 1.29 is 14.2 Å². The van der Waals surface area contributed by atoms with Crippen LogP contribution in [0.5, 0.6) is 0 Å². The highest BCUT2D eigenvalue weighted by molar-refractivity contribution is 7.19. The zero-order valence-corrected chi connectivity index (χ0v) is 17.8. The van der Waals surface area contributed by atoms with Crippen LogP contribution in [0.2, 0.25) is 0 Å². The fraction of sp³-hybridized carbons (Fsp3) is 0.318. The molecule has 0 aliphatic rings. The minimum atomic E-state index is -0.328. The third kappa shape index (κ3) is 6.05. The molecule has 2 aromatic carbocycles. The Morgan fingerprint density at radius 3 is 2.22 bits per heavy atom. The molecular weight excluding hydrogens is 354 g/mol. The SMILES string of the molecule is COC(=O)c1ccc(/C=C/c2cccc([B]OC(C)(C)C(C)(C)P)c2)cc1. The molecule has 0 saturated carbocycles. The molecule has 1 radical (unpaired) electrons. The normalized spacial score (nSPS) is 12.2. The second-order valence-electron chi connectivity index (χ2n) is 7.58. The molecule has 0 aromatic heterocycles. The molecule has 0 N–H and O–H groups in total. The third-order valence-corrected chi connectivity index (χ3v) is 5.45. The molecule has 1 atom stereocenters. The Bertz CT molecular complexity index is 805. The van der Waals surface area contributed by atoms with Crippen LogP contribution in [0.25, 0.3) is 12.2 Å². The van der Waals surface area contributed by atoms with E-state index in [9.17, 15) is 4.79 Å². The molecule has 0 spiro atoms. The van der Waals surface area contributed by atoms with Crippen LogP contribution in [0.4, 0.5) is 0 Å². The van der Waals surface area contributed by atoms with Crippen molar-refractivity contribution in [2.45, 2.75) is 38.5 Å². The van der Waals surface area contributed by atoms with Crippen LogP contribution in [0.1, 0.15) is 49.2 Å². The van der Waals surface area contributed by atoms with E-state index in [1.165, 1.54) is 7.11 Å². The molecule has 2 rings (SSSR count). The summed E-state index contributed by atoms with van der Waals surface area (Å²) >= 11 is 0. The zero-order valence-electron chi connectivity index (χ0n) is 16.7. The molecule has 3 nitrogen and oxygen atoms in total. The summed E-state index contributed by atoms with van der Waals surface area (Å²) in [6.07, 6.45) is 4.05. The van der Waals surface area contributed by atoms with Crippen LogP contribution >= 0.6 is 9.24 Å². The Morgan fingerprint density at radius 1 is 1.00 bits per heavy atom. The van der Waals surface area contributed by atoms with E-state index in [1.54, 1.807) is 12.1 Å². The van der Waals surface area contributed by atoms with Crippen LogP contribution in [0.3, 0.4) is 0 Å². The monoisotopic (exact) mass is 381 g/mol. The molecule has 0 fully saturated rings. The van der Waals surface area contributed by atoms with Gasteiger partial charge in [-0.2, -0.15) is 0 Å². The van der Waals surface area contributed by atoms with E-state index in [2.05, 4.69) is 43.0 Å². The molecule has 5 heteroatoms. The zero-order chi connectivity index (χ0) is 20.1. The predicted octanol–water partition coefficient (Wildman–Crippen LogP) is 4.34. The lowest BCUT2D eigenvalue weighted by atomic mass is 9.83. The number of ether oxygens (including phenoxy) is 1. The summed E-state index contributed by atoms with van der Waals surface area (Å²) in [5.74, 6) is -0.328. The molecule has 0 aliphatic heterocycles. The Kier molecular flexibility index (Phi) is 7.03. The molecular formula is C22H27BO3P. The van der Waals surface area contributed by atoms with Gasteiger partial charge in [0.2, 0.25) is 0 Å². The van der Waals surface area contributed by atoms with E-state index in [0.29, 0.717) is 5.56 Å². The van der Waals surface area contributed by atoms with Gasteiger partial charge in [-0.05, 0) is 37.1 Å². The van der Waals surface area contributed by atoms with Crippen molar-refractivity contribution >= 4 is 40.3 Å². The van der Waals surface area contributed by atoms with Gasteiger partial charge < -0.3 is 9.39 Å². The average molecular weight is 381 g/mol. The van der Waals surface area contributed by atoms with Crippen molar-refractivity contribution in [3.8, 4) is 0 Å².